The third kappa shape index (κ3) is 4.50. The van der Waals surface area contributed by atoms with Gasteiger partial charge in [-0.25, -0.2) is 9.18 Å². The van der Waals surface area contributed by atoms with Crippen molar-refractivity contribution in [1.82, 2.24) is 30.5 Å². The van der Waals surface area contributed by atoms with Crippen LogP contribution in [0.15, 0.2) is 42.6 Å². The molecule has 45 heavy (non-hydrogen) atoms. The molecule has 0 bridgehead atoms. The SMILES string of the molecule is CCc1cccc2cccc(-c3ncc4c(N5CCCC6(C5)NC(=O)NC6=O)nc(OCC56CCCN5CCC6)nc4c3F)c12. The van der Waals surface area contributed by atoms with Gasteiger partial charge in [0.25, 0.3) is 5.91 Å². The molecule has 0 aliphatic carbocycles. The summed E-state index contributed by atoms with van der Waals surface area (Å²) in [4.78, 5) is 43.6. The van der Waals surface area contributed by atoms with E-state index < -0.39 is 17.4 Å². The third-order valence-electron chi connectivity index (χ3n) is 10.4. The van der Waals surface area contributed by atoms with E-state index in [1.165, 1.54) is 0 Å². The summed E-state index contributed by atoms with van der Waals surface area (Å²) in [6.45, 7) is 5.41. The molecular formula is C34H36FN7O3. The summed E-state index contributed by atoms with van der Waals surface area (Å²) in [7, 11) is 0. The fraction of sp³-hybridized carbons (Fsp3) is 0.441. The molecule has 10 nitrogen and oxygen atoms in total. The van der Waals surface area contributed by atoms with Crippen molar-refractivity contribution in [3.63, 3.8) is 0 Å². The van der Waals surface area contributed by atoms with Crippen molar-refractivity contribution < 1.29 is 18.7 Å². The lowest BCUT2D eigenvalue weighted by Crippen LogP contribution is -2.58. The lowest BCUT2D eigenvalue weighted by atomic mass is 9.89. The average Bonchev–Trinajstić information content (AvgIpc) is 3.71. The molecule has 4 fully saturated rings. The fourth-order valence-corrected chi connectivity index (χ4v) is 8.14. The number of hydrogen-bond acceptors (Lipinski definition) is 8. The number of aromatic nitrogens is 3. The van der Waals surface area contributed by atoms with Gasteiger partial charge >= 0.3 is 12.0 Å². The largest absolute Gasteiger partial charge is 0.461 e. The molecule has 4 aromatic rings. The minimum absolute atomic E-state index is 0.0403. The highest BCUT2D eigenvalue weighted by Crippen LogP contribution is 2.40. The second-order valence-corrected chi connectivity index (χ2v) is 12.9. The number of ether oxygens (including phenoxy) is 1. The molecule has 4 aliphatic rings. The van der Waals surface area contributed by atoms with Crippen molar-refractivity contribution in [2.45, 2.75) is 62.9 Å². The van der Waals surface area contributed by atoms with Gasteiger partial charge in [-0.05, 0) is 74.4 Å². The molecule has 2 aromatic carbocycles. The second kappa shape index (κ2) is 10.6. The van der Waals surface area contributed by atoms with Gasteiger partial charge in [0.05, 0.1) is 17.5 Å². The minimum atomic E-state index is -1.08. The number of benzene rings is 2. The van der Waals surface area contributed by atoms with Crippen molar-refractivity contribution in [3.8, 4) is 17.3 Å². The molecule has 0 radical (unpaired) electrons. The van der Waals surface area contributed by atoms with Crippen LogP contribution in [0.2, 0.25) is 0 Å². The Bertz CT molecular complexity index is 1850. The smallest absolute Gasteiger partial charge is 0.322 e. The van der Waals surface area contributed by atoms with Crippen LogP contribution in [-0.2, 0) is 11.2 Å². The first-order chi connectivity index (χ1) is 21.9. The molecule has 11 heteroatoms. The third-order valence-corrected chi connectivity index (χ3v) is 10.4. The first-order valence-electron chi connectivity index (χ1n) is 16.0. The van der Waals surface area contributed by atoms with Gasteiger partial charge in [-0.1, -0.05) is 43.3 Å². The van der Waals surface area contributed by atoms with Crippen LogP contribution in [0.4, 0.5) is 15.0 Å². The highest BCUT2D eigenvalue weighted by Gasteiger charge is 2.49. The summed E-state index contributed by atoms with van der Waals surface area (Å²) in [5.41, 5.74) is 1.05. The normalized spacial score (nSPS) is 22.8. The first kappa shape index (κ1) is 28.1. The Morgan fingerprint density at radius 1 is 1.00 bits per heavy atom. The zero-order chi connectivity index (χ0) is 30.8. The minimum Gasteiger partial charge on any atom is -0.461 e. The molecule has 2 N–H and O–H groups in total. The van der Waals surface area contributed by atoms with Crippen molar-refractivity contribution in [2.75, 3.05) is 37.7 Å². The van der Waals surface area contributed by atoms with Gasteiger partial charge in [0, 0.05) is 18.3 Å². The van der Waals surface area contributed by atoms with Crippen LogP contribution in [0.1, 0.15) is 51.0 Å². The number of rotatable bonds is 6. The van der Waals surface area contributed by atoms with E-state index in [2.05, 4.69) is 38.5 Å². The Hall–Kier alpha value is -4.38. The molecule has 4 saturated heterocycles. The van der Waals surface area contributed by atoms with Crippen LogP contribution in [0.5, 0.6) is 6.01 Å². The first-order valence-corrected chi connectivity index (χ1v) is 16.0. The Labute approximate surface area is 260 Å². The molecule has 3 amide bonds. The van der Waals surface area contributed by atoms with E-state index in [0.717, 1.165) is 61.5 Å². The maximum absolute atomic E-state index is 16.9. The van der Waals surface area contributed by atoms with Gasteiger partial charge in [-0.15, -0.1) is 0 Å². The molecule has 0 saturated carbocycles. The average molecular weight is 610 g/mol. The monoisotopic (exact) mass is 609 g/mol. The number of urea groups is 1. The Kier molecular flexibility index (Phi) is 6.63. The number of pyridine rings is 1. The number of imide groups is 1. The number of halogens is 1. The Balaban J connectivity index is 1.26. The molecule has 2 aromatic heterocycles. The summed E-state index contributed by atoms with van der Waals surface area (Å²) in [6, 6.07) is 11.6. The van der Waals surface area contributed by atoms with Crippen LogP contribution in [0, 0.1) is 5.82 Å². The lowest BCUT2D eigenvalue weighted by molar-refractivity contribution is -0.124. The molecule has 4 aliphatic heterocycles. The number of aryl methyl sites for hydroxylation is 1. The summed E-state index contributed by atoms with van der Waals surface area (Å²) in [5.74, 6) is -0.456. The van der Waals surface area contributed by atoms with Crippen LogP contribution in [0.3, 0.4) is 0 Å². The number of anilines is 1. The Morgan fingerprint density at radius 3 is 2.53 bits per heavy atom. The predicted molar refractivity (Wildman–Crippen MR) is 169 cm³/mol. The van der Waals surface area contributed by atoms with E-state index in [9.17, 15) is 9.59 Å². The van der Waals surface area contributed by atoms with Gasteiger partial charge in [-0.3, -0.25) is 20.0 Å². The van der Waals surface area contributed by atoms with E-state index >= 15 is 4.39 Å². The number of carbonyl (C=O) groups excluding carboxylic acids is 2. The number of fused-ring (bicyclic) bond motifs is 3. The zero-order valence-corrected chi connectivity index (χ0v) is 25.4. The van der Waals surface area contributed by atoms with E-state index in [1.54, 1.807) is 6.20 Å². The molecule has 6 heterocycles. The number of carbonyl (C=O) groups is 2. The van der Waals surface area contributed by atoms with Crippen molar-refractivity contribution >= 4 is 39.4 Å². The summed E-state index contributed by atoms with van der Waals surface area (Å²) >= 11 is 0. The molecule has 1 unspecified atom stereocenters. The lowest BCUT2D eigenvalue weighted by Gasteiger charge is -2.39. The summed E-state index contributed by atoms with van der Waals surface area (Å²) in [6.07, 6.45) is 7.94. The Morgan fingerprint density at radius 2 is 1.78 bits per heavy atom. The van der Waals surface area contributed by atoms with Gasteiger partial charge < -0.3 is 15.0 Å². The van der Waals surface area contributed by atoms with Gasteiger partial charge in [0.15, 0.2) is 5.82 Å². The van der Waals surface area contributed by atoms with Gasteiger partial charge in [-0.2, -0.15) is 9.97 Å². The second-order valence-electron chi connectivity index (χ2n) is 12.9. The summed E-state index contributed by atoms with van der Waals surface area (Å²) in [5, 5.41) is 7.63. The van der Waals surface area contributed by atoms with Crippen molar-refractivity contribution in [3.05, 3.63) is 54.0 Å². The zero-order valence-electron chi connectivity index (χ0n) is 25.4. The molecule has 232 valence electrons. The number of piperidine rings is 1. The fourth-order valence-electron chi connectivity index (χ4n) is 8.14. The quantitative estimate of drug-likeness (QED) is 0.302. The molecule has 1 atom stereocenters. The van der Waals surface area contributed by atoms with Crippen LogP contribution in [-0.4, -0.2) is 75.7 Å². The van der Waals surface area contributed by atoms with Crippen LogP contribution >= 0.6 is 0 Å². The highest BCUT2D eigenvalue weighted by atomic mass is 19.1. The standard InChI is InChI=1S/C34H36FN7O3/c1-2-21-8-3-9-22-10-4-11-23(25(21)22)27-26(35)28-24(18-36-27)29(41-15-7-14-34(19-41)30(43)39-31(44)40-34)38-32(37-28)45-20-33-12-5-16-42(33)17-6-13-33/h3-4,8-11,18H,2,5-7,12-17,19-20H2,1H3,(H2,39,40,43,44). The topological polar surface area (TPSA) is 113 Å². The maximum Gasteiger partial charge on any atom is 0.322 e. The molecular weight excluding hydrogens is 573 g/mol. The van der Waals surface area contributed by atoms with Crippen LogP contribution in [0.25, 0.3) is 32.9 Å². The highest BCUT2D eigenvalue weighted by molar-refractivity contribution is 6.08. The van der Waals surface area contributed by atoms with Gasteiger partial charge in [0.2, 0.25) is 0 Å². The number of amides is 3. The van der Waals surface area contributed by atoms with E-state index in [-0.39, 0.29) is 35.2 Å². The molecule has 1 spiro atoms. The van der Waals surface area contributed by atoms with Crippen molar-refractivity contribution in [1.29, 1.82) is 0 Å². The number of nitrogens with zero attached hydrogens (tertiary/aromatic N) is 5. The van der Waals surface area contributed by atoms with E-state index in [0.29, 0.717) is 42.8 Å². The van der Waals surface area contributed by atoms with Crippen molar-refractivity contribution in [2.24, 2.45) is 0 Å². The van der Waals surface area contributed by atoms with E-state index in [4.69, 9.17) is 9.72 Å². The number of nitrogens with one attached hydrogen (secondary N) is 2. The molecule has 8 rings (SSSR count). The van der Waals surface area contributed by atoms with Gasteiger partial charge in [0.1, 0.15) is 29.2 Å². The maximum atomic E-state index is 16.9. The van der Waals surface area contributed by atoms with E-state index in [1.807, 2.05) is 35.2 Å². The summed E-state index contributed by atoms with van der Waals surface area (Å²) < 4.78 is 23.2. The van der Waals surface area contributed by atoms with Crippen LogP contribution < -0.4 is 20.3 Å². The predicted octanol–water partition coefficient (Wildman–Crippen LogP) is 4.73. The number of hydrogen-bond donors (Lipinski definition) is 2.